The Morgan fingerprint density at radius 1 is 1.27 bits per heavy atom. The molecule has 2 aromatic rings. The van der Waals surface area contributed by atoms with E-state index in [2.05, 4.69) is 44.3 Å². The van der Waals surface area contributed by atoms with Crippen LogP contribution in [0.3, 0.4) is 0 Å². The molecule has 2 aromatic heterocycles. The smallest absolute Gasteiger partial charge is 0.138 e. The Balaban J connectivity index is 1.47. The van der Waals surface area contributed by atoms with Gasteiger partial charge < -0.3 is 4.90 Å². The number of hydrogen-bond donors (Lipinski definition) is 0. The number of nitrogens with zero attached hydrogens (tertiary/aromatic N) is 3. The van der Waals surface area contributed by atoms with Crippen LogP contribution in [0.15, 0.2) is 32.8 Å². The van der Waals surface area contributed by atoms with Crippen LogP contribution < -0.4 is 0 Å². The maximum absolute atomic E-state index is 4.53. The Kier molecular flexibility index (Phi) is 6.38. The molecule has 0 bridgehead atoms. The molecule has 0 fully saturated rings. The Morgan fingerprint density at radius 2 is 2.18 bits per heavy atom. The van der Waals surface area contributed by atoms with Crippen molar-refractivity contribution >= 4 is 52.2 Å². The van der Waals surface area contributed by atoms with E-state index < -0.39 is 0 Å². The average Bonchev–Trinajstić information content (AvgIpc) is 3.18. The molecule has 0 saturated heterocycles. The van der Waals surface area contributed by atoms with Crippen molar-refractivity contribution in [3.63, 3.8) is 0 Å². The summed E-state index contributed by atoms with van der Waals surface area (Å²) in [4.78, 5) is 2.35. The highest BCUT2D eigenvalue weighted by molar-refractivity contribution is 8.01. The van der Waals surface area contributed by atoms with Crippen molar-refractivity contribution in [2.45, 2.75) is 22.1 Å². The van der Waals surface area contributed by atoms with Crippen molar-refractivity contribution in [3.05, 3.63) is 29.3 Å². The van der Waals surface area contributed by atoms with Gasteiger partial charge in [-0.1, -0.05) is 12.1 Å². The third-order valence-corrected chi connectivity index (χ3v) is 7.28. The van der Waals surface area contributed by atoms with Gasteiger partial charge in [0.2, 0.25) is 0 Å². The number of aromatic nitrogens is 2. The number of thioether (sulfide) groups is 2. The first-order valence-corrected chi connectivity index (χ1v) is 10.9. The van der Waals surface area contributed by atoms with Gasteiger partial charge in [-0.25, -0.2) is 0 Å². The fraction of sp³-hybridized carbons (Fsp3) is 0.467. The molecular weight excluding hydrogens is 350 g/mol. The normalized spacial score (nSPS) is 16.0. The van der Waals surface area contributed by atoms with Crippen molar-refractivity contribution in [1.82, 2.24) is 13.6 Å². The van der Waals surface area contributed by atoms with E-state index in [-0.39, 0.29) is 0 Å². The summed E-state index contributed by atoms with van der Waals surface area (Å²) in [6.07, 6.45) is 4.64. The van der Waals surface area contributed by atoms with Gasteiger partial charge in [-0.3, -0.25) is 0 Å². The van der Waals surface area contributed by atoms with Crippen LogP contribution in [0.5, 0.6) is 0 Å². The second-order valence-electron chi connectivity index (χ2n) is 5.16. The Labute approximate surface area is 148 Å². The highest BCUT2D eigenvalue weighted by Crippen LogP contribution is 2.30. The van der Waals surface area contributed by atoms with Crippen molar-refractivity contribution in [3.8, 4) is 0 Å². The van der Waals surface area contributed by atoms with Gasteiger partial charge in [0.05, 0.1) is 15.9 Å². The quantitative estimate of drug-likeness (QED) is 0.526. The van der Waals surface area contributed by atoms with E-state index in [9.17, 15) is 0 Å². The monoisotopic (exact) mass is 369 g/mol. The Morgan fingerprint density at radius 3 is 3.00 bits per heavy atom. The van der Waals surface area contributed by atoms with Crippen molar-refractivity contribution < 1.29 is 0 Å². The third kappa shape index (κ3) is 4.58. The molecule has 0 spiro atoms. The molecule has 3 nitrogen and oxygen atoms in total. The lowest BCUT2D eigenvalue weighted by Gasteiger charge is -2.22. The zero-order valence-electron chi connectivity index (χ0n) is 12.5. The molecule has 22 heavy (non-hydrogen) atoms. The first kappa shape index (κ1) is 16.5. The molecule has 0 unspecified atom stereocenters. The van der Waals surface area contributed by atoms with Crippen LogP contribution in [0.25, 0.3) is 5.57 Å². The summed E-state index contributed by atoms with van der Waals surface area (Å²) in [5.41, 5.74) is 2.46. The first-order chi connectivity index (χ1) is 10.8. The fourth-order valence-corrected chi connectivity index (χ4v) is 5.92. The van der Waals surface area contributed by atoms with Gasteiger partial charge in [-0.15, -0.1) is 34.9 Å². The van der Waals surface area contributed by atoms with Gasteiger partial charge in [0.1, 0.15) is 10.7 Å². The largest absolute Gasteiger partial charge is 0.302 e. The molecule has 3 rings (SSSR count). The van der Waals surface area contributed by atoms with E-state index >= 15 is 0 Å². The van der Waals surface area contributed by atoms with Crippen LogP contribution >= 0.6 is 46.6 Å². The molecule has 0 saturated carbocycles. The SMILES string of the molecule is CN1CCC=C(c2nsnc2SCCCSc2cccs2)C1. The van der Waals surface area contributed by atoms with Gasteiger partial charge in [0, 0.05) is 18.8 Å². The van der Waals surface area contributed by atoms with Gasteiger partial charge in [0.15, 0.2) is 0 Å². The Hall–Kier alpha value is -0.340. The fourth-order valence-electron chi connectivity index (χ4n) is 2.28. The van der Waals surface area contributed by atoms with Crippen LogP contribution in [0, 0.1) is 0 Å². The summed E-state index contributed by atoms with van der Waals surface area (Å²) in [7, 11) is 2.17. The van der Waals surface area contributed by atoms with E-state index in [0.717, 1.165) is 36.0 Å². The lowest BCUT2D eigenvalue weighted by Crippen LogP contribution is -2.25. The molecule has 0 N–H and O–H groups in total. The maximum Gasteiger partial charge on any atom is 0.138 e. The third-order valence-electron chi connectivity index (χ3n) is 3.37. The zero-order valence-corrected chi connectivity index (χ0v) is 15.8. The molecule has 0 aliphatic carbocycles. The standard InChI is InChI=1S/C15H19N3S4/c1-18-7-2-5-12(11-18)14-15(17-22-16-14)21-10-4-9-20-13-6-3-8-19-13/h3,5-6,8H,2,4,7,9-11H2,1H3. The van der Waals surface area contributed by atoms with Crippen LogP contribution in [-0.2, 0) is 0 Å². The first-order valence-electron chi connectivity index (χ1n) is 7.32. The average molecular weight is 370 g/mol. The Bertz CT molecular complexity index is 606. The molecule has 0 atom stereocenters. The van der Waals surface area contributed by atoms with Crippen LogP contribution in [0.2, 0.25) is 0 Å². The molecule has 0 radical (unpaired) electrons. The minimum absolute atomic E-state index is 0.993. The number of likely N-dealkylation sites (N-methyl/N-ethyl adjacent to an activating group) is 1. The number of hydrogen-bond acceptors (Lipinski definition) is 7. The second kappa shape index (κ2) is 8.49. The minimum atomic E-state index is 0.993. The van der Waals surface area contributed by atoms with E-state index in [1.807, 2.05) is 34.9 Å². The van der Waals surface area contributed by atoms with E-state index in [1.165, 1.54) is 33.7 Å². The van der Waals surface area contributed by atoms with Crippen molar-refractivity contribution in [1.29, 1.82) is 0 Å². The highest BCUT2D eigenvalue weighted by atomic mass is 32.2. The van der Waals surface area contributed by atoms with Gasteiger partial charge >= 0.3 is 0 Å². The molecule has 1 aliphatic heterocycles. The van der Waals surface area contributed by atoms with Gasteiger partial charge in [-0.05, 0) is 42.7 Å². The van der Waals surface area contributed by atoms with Gasteiger partial charge in [0.25, 0.3) is 0 Å². The number of rotatable bonds is 7. The summed E-state index contributed by atoms with van der Waals surface area (Å²) in [6.45, 7) is 2.14. The lowest BCUT2D eigenvalue weighted by atomic mass is 10.1. The van der Waals surface area contributed by atoms with Crippen molar-refractivity contribution in [2.24, 2.45) is 0 Å². The predicted octanol–water partition coefficient (Wildman–Crippen LogP) is 4.59. The van der Waals surface area contributed by atoms with Gasteiger partial charge in [-0.2, -0.15) is 8.75 Å². The summed E-state index contributed by atoms with van der Waals surface area (Å²) >= 11 is 6.97. The molecule has 3 heterocycles. The highest BCUT2D eigenvalue weighted by Gasteiger charge is 2.17. The van der Waals surface area contributed by atoms with Crippen molar-refractivity contribution in [2.75, 3.05) is 31.6 Å². The molecule has 118 valence electrons. The molecule has 0 aromatic carbocycles. The van der Waals surface area contributed by atoms with Crippen LogP contribution in [0.1, 0.15) is 18.5 Å². The predicted molar refractivity (Wildman–Crippen MR) is 100 cm³/mol. The zero-order chi connectivity index (χ0) is 15.2. The van der Waals surface area contributed by atoms with Crippen LogP contribution in [0.4, 0.5) is 0 Å². The number of thiophene rings is 1. The van der Waals surface area contributed by atoms with E-state index in [1.54, 1.807) is 0 Å². The summed E-state index contributed by atoms with van der Waals surface area (Å²) < 4.78 is 10.4. The topological polar surface area (TPSA) is 29.0 Å². The molecule has 1 aliphatic rings. The molecule has 0 amide bonds. The summed E-state index contributed by atoms with van der Waals surface area (Å²) in [5, 5.41) is 3.26. The molecular formula is C15H19N3S4. The van der Waals surface area contributed by atoms with Crippen LogP contribution in [-0.4, -0.2) is 45.3 Å². The lowest BCUT2D eigenvalue weighted by molar-refractivity contribution is 0.372. The summed E-state index contributed by atoms with van der Waals surface area (Å²) in [5.74, 6) is 2.28. The van der Waals surface area contributed by atoms with E-state index in [4.69, 9.17) is 0 Å². The summed E-state index contributed by atoms with van der Waals surface area (Å²) in [6, 6.07) is 4.31. The molecule has 7 heteroatoms. The minimum Gasteiger partial charge on any atom is -0.302 e. The van der Waals surface area contributed by atoms with E-state index in [0.29, 0.717) is 0 Å². The second-order valence-corrected chi connectivity index (χ2v) is 9.11. The maximum atomic E-state index is 4.53.